The summed E-state index contributed by atoms with van der Waals surface area (Å²) >= 11 is 1.53. The molecule has 6 nitrogen and oxygen atoms in total. The normalized spacial score (nSPS) is 10.6. The van der Waals surface area contributed by atoms with Gasteiger partial charge in [-0.15, -0.1) is 16.4 Å². The molecule has 0 fully saturated rings. The molecule has 4 rings (SSSR count). The van der Waals surface area contributed by atoms with E-state index in [1.165, 1.54) is 11.3 Å². The van der Waals surface area contributed by atoms with E-state index in [1.807, 2.05) is 47.8 Å². The summed E-state index contributed by atoms with van der Waals surface area (Å²) in [5.74, 6) is 1.06. The molecule has 0 atom stereocenters. The monoisotopic (exact) mass is 377 g/mol. The van der Waals surface area contributed by atoms with Crippen LogP contribution in [0.2, 0.25) is 0 Å². The van der Waals surface area contributed by atoms with Crippen LogP contribution >= 0.6 is 11.3 Å². The van der Waals surface area contributed by atoms with Gasteiger partial charge in [0.1, 0.15) is 11.5 Å². The molecule has 0 aliphatic carbocycles. The van der Waals surface area contributed by atoms with Gasteiger partial charge in [0.2, 0.25) is 0 Å². The fourth-order valence-electron chi connectivity index (χ4n) is 2.51. The van der Waals surface area contributed by atoms with Crippen molar-refractivity contribution in [3.63, 3.8) is 0 Å². The fraction of sp³-hybridized carbons (Fsp3) is 0.0500. The van der Waals surface area contributed by atoms with Gasteiger partial charge in [-0.3, -0.25) is 0 Å². The van der Waals surface area contributed by atoms with Gasteiger partial charge in [-0.25, -0.2) is 9.48 Å². The third-order valence-corrected chi connectivity index (χ3v) is 4.67. The molecule has 0 radical (unpaired) electrons. The number of para-hydroxylation sites is 1. The minimum absolute atomic E-state index is 0.00179. The number of ether oxygens (including phenoxy) is 2. The van der Waals surface area contributed by atoms with E-state index in [-0.39, 0.29) is 5.82 Å². The van der Waals surface area contributed by atoms with Crippen LogP contribution in [0.3, 0.4) is 0 Å². The summed E-state index contributed by atoms with van der Waals surface area (Å²) in [7, 11) is 1.58. The molecule has 0 aliphatic heterocycles. The first-order valence-corrected chi connectivity index (χ1v) is 9.05. The highest BCUT2D eigenvalue weighted by molar-refractivity contribution is 7.13. The van der Waals surface area contributed by atoms with Crippen LogP contribution in [0.25, 0.3) is 16.4 Å². The Morgan fingerprint density at radius 3 is 2.37 bits per heavy atom. The smallest absolute Gasteiger partial charge is 0.383 e. The number of aromatic nitrogens is 3. The summed E-state index contributed by atoms with van der Waals surface area (Å²) in [4.78, 5) is 17.9. The summed E-state index contributed by atoms with van der Waals surface area (Å²) in [6.07, 6.45) is 0. The summed E-state index contributed by atoms with van der Waals surface area (Å²) in [6, 6.07) is 20.2. The molecule has 0 saturated carbocycles. The molecule has 4 aromatic rings. The number of rotatable bonds is 5. The zero-order valence-corrected chi connectivity index (χ0v) is 15.2. The summed E-state index contributed by atoms with van der Waals surface area (Å²) in [5.41, 5.74) is 0.817. The molecule has 0 saturated heterocycles. The minimum atomic E-state index is -0.618. The van der Waals surface area contributed by atoms with Crippen LogP contribution in [0, 0.1) is 0 Å². The lowest BCUT2D eigenvalue weighted by atomic mass is 10.3. The highest BCUT2D eigenvalue weighted by Gasteiger charge is 2.21. The number of hydrogen-bond acceptors (Lipinski definition) is 6. The highest BCUT2D eigenvalue weighted by Crippen LogP contribution is 2.26. The number of methoxy groups -OCH3 is 1. The molecule has 7 heteroatoms. The van der Waals surface area contributed by atoms with Crippen molar-refractivity contribution in [3.8, 4) is 27.9 Å². The Hall–Kier alpha value is -3.45. The van der Waals surface area contributed by atoms with Gasteiger partial charge in [0.05, 0.1) is 17.7 Å². The second-order valence-electron chi connectivity index (χ2n) is 5.55. The molecule has 0 aliphatic rings. The number of carbonyl (C=O) groups is 1. The maximum Gasteiger partial charge on any atom is 0.383 e. The van der Waals surface area contributed by atoms with E-state index in [9.17, 15) is 4.79 Å². The van der Waals surface area contributed by atoms with E-state index in [2.05, 4.69) is 10.1 Å². The lowest BCUT2D eigenvalue weighted by Gasteiger charge is -2.03. The lowest BCUT2D eigenvalue weighted by Crippen LogP contribution is -2.11. The topological polar surface area (TPSA) is 66.2 Å². The minimum Gasteiger partial charge on any atom is -0.497 e. The highest BCUT2D eigenvalue weighted by atomic mass is 32.1. The molecular weight excluding hydrogens is 362 g/mol. The van der Waals surface area contributed by atoms with Crippen molar-refractivity contribution < 1.29 is 14.3 Å². The Kier molecular flexibility index (Phi) is 4.67. The predicted octanol–water partition coefficient (Wildman–Crippen LogP) is 4.22. The SMILES string of the molecule is COc1ccc(OC(=O)c2nc(-c3cccs3)n(-c3ccccc3)n2)cc1. The molecule has 2 aromatic carbocycles. The van der Waals surface area contributed by atoms with Crippen molar-refractivity contribution in [2.24, 2.45) is 0 Å². The van der Waals surface area contributed by atoms with E-state index in [1.54, 1.807) is 36.1 Å². The molecular formula is C20H15N3O3S. The van der Waals surface area contributed by atoms with Crippen molar-refractivity contribution in [2.45, 2.75) is 0 Å². The first-order chi connectivity index (χ1) is 13.2. The average Bonchev–Trinajstić information content (AvgIpc) is 3.39. The van der Waals surface area contributed by atoms with Crippen LogP contribution in [0.1, 0.15) is 10.6 Å². The molecule has 2 aromatic heterocycles. The molecule has 27 heavy (non-hydrogen) atoms. The summed E-state index contributed by atoms with van der Waals surface area (Å²) in [5, 5.41) is 6.33. The van der Waals surface area contributed by atoms with Gasteiger partial charge < -0.3 is 9.47 Å². The van der Waals surface area contributed by atoms with E-state index < -0.39 is 5.97 Å². The molecule has 0 amide bonds. The quantitative estimate of drug-likeness (QED) is 0.385. The van der Waals surface area contributed by atoms with Crippen LogP contribution in [-0.2, 0) is 0 Å². The number of nitrogens with zero attached hydrogens (tertiary/aromatic N) is 3. The van der Waals surface area contributed by atoms with E-state index >= 15 is 0 Å². The van der Waals surface area contributed by atoms with Crippen LogP contribution in [0.15, 0.2) is 72.1 Å². The molecule has 2 heterocycles. The Morgan fingerprint density at radius 2 is 1.70 bits per heavy atom. The Balaban J connectivity index is 1.67. The first-order valence-electron chi connectivity index (χ1n) is 8.17. The maximum absolute atomic E-state index is 12.5. The standard InChI is InChI=1S/C20H15N3O3S/c1-25-15-9-11-16(12-10-15)26-20(24)18-21-19(17-8-5-13-27-17)23(22-18)14-6-3-2-4-7-14/h2-13H,1H3. The van der Waals surface area contributed by atoms with Crippen LogP contribution in [0.4, 0.5) is 0 Å². The molecule has 0 unspecified atom stereocenters. The average molecular weight is 377 g/mol. The van der Waals surface area contributed by atoms with Gasteiger partial charge in [-0.05, 0) is 47.8 Å². The van der Waals surface area contributed by atoms with E-state index in [0.717, 1.165) is 10.6 Å². The van der Waals surface area contributed by atoms with Gasteiger partial charge >= 0.3 is 5.97 Å². The molecule has 134 valence electrons. The zero-order chi connectivity index (χ0) is 18.6. The van der Waals surface area contributed by atoms with Gasteiger partial charge in [0.25, 0.3) is 5.82 Å². The largest absolute Gasteiger partial charge is 0.497 e. The van der Waals surface area contributed by atoms with E-state index in [0.29, 0.717) is 17.3 Å². The van der Waals surface area contributed by atoms with Crippen molar-refractivity contribution in [3.05, 3.63) is 77.9 Å². The second kappa shape index (κ2) is 7.43. The lowest BCUT2D eigenvalue weighted by molar-refractivity contribution is 0.0722. The number of hydrogen-bond donors (Lipinski definition) is 0. The number of thiophene rings is 1. The van der Waals surface area contributed by atoms with Gasteiger partial charge in [0.15, 0.2) is 5.82 Å². The molecule has 0 N–H and O–H groups in total. The molecule has 0 spiro atoms. The van der Waals surface area contributed by atoms with Crippen molar-refractivity contribution in [1.29, 1.82) is 0 Å². The Morgan fingerprint density at radius 1 is 0.963 bits per heavy atom. The predicted molar refractivity (Wildman–Crippen MR) is 103 cm³/mol. The van der Waals surface area contributed by atoms with Crippen molar-refractivity contribution in [1.82, 2.24) is 14.8 Å². The number of carbonyl (C=O) groups excluding carboxylic acids is 1. The van der Waals surface area contributed by atoms with Gasteiger partial charge in [-0.2, -0.15) is 4.98 Å². The summed E-state index contributed by atoms with van der Waals surface area (Å²) in [6.45, 7) is 0. The number of benzene rings is 2. The van der Waals surface area contributed by atoms with Gasteiger partial charge in [-0.1, -0.05) is 24.3 Å². The second-order valence-corrected chi connectivity index (χ2v) is 6.50. The summed E-state index contributed by atoms with van der Waals surface area (Å²) < 4.78 is 12.1. The van der Waals surface area contributed by atoms with Crippen molar-refractivity contribution >= 4 is 17.3 Å². The molecule has 0 bridgehead atoms. The number of esters is 1. The Bertz CT molecular complexity index is 1040. The van der Waals surface area contributed by atoms with Crippen LogP contribution < -0.4 is 9.47 Å². The van der Waals surface area contributed by atoms with Crippen molar-refractivity contribution in [2.75, 3.05) is 7.11 Å². The maximum atomic E-state index is 12.5. The zero-order valence-electron chi connectivity index (χ0n) is 14.4. The van der Waals surface area contributed by atoms with Gasteiger partial charge in [0, 0.05) is 0 Å². The first kappa shape index (κ1) is 17.0. The fourth-order valence-corrected chi connectivity index (χ4v) is 3.21. The van der Waals surface area contributed by atoms with Crippen LogP contribution in [0.5, 0.6) is 11.5 Å². The third kappa shape index (κ3) is 3.58. The Labute approximate surface area is 159 Å². The van der Waals surface area contributed by atoms with E-state index in [4.69, 9.17) is 9.47 Å². The third-order valence-electron chi connectivity index (χ3n) is 3.80. The van der Waals surface area contributed by atoms with Crippen LogP contribution in [-0.4, -0.2) is 27.8 Å².